The van der Waals surface area contributed by atoms with E-state index in [1.54, 1.807) is 0 Å². The van der Waals surface area contributed by atoms with E-state index in [0.29, 0.717) is 43.9 Å². The number of amides is 2. The molecular formula is C21H38N4O3. The van der Waals surface area contributed by atoms with Crippen LogP contribution in [0.4, 0.5) is 0 Å². The van der Waals surface area contributed by atoms with Crippen LogP contribution in [0.3, 0.4) is 0 Å². The number of nitrogens with two attached hydrogens (primary N) is 1. The van der Waals surface area contributed by atoms with Gasteiger partial charge in [-0.3, -0.25) is 9.59 Å². The average molecular weight is 395 g/mol. The van der Waals surface area contributed by atoms with Crippen molar-refractivity contribution in [2.24, 2.45) is 28.5 Å². The molecule has 1 unspecified atom stereocenters. The molecule has 7 heteroatoms. The molecule has 7 nitrogen and oxygen atoms in total. The molecule has 1 heterocycles. The van der Waals surface area contributed by atoms with Crippen LogP contribution in [-0.2, 0) is 14.3 Å². The second-order valence-electron chi connectivity index (χ2n) is 8.73. The highest BCUT2D eigenvalue weighted by Gasteiger charge is 2.25. The Kier molecular flexibility index (Phi) is 9.75. The first-order valence-corrected chi connectivity index (χ1v) is 10.9. The normalized spacial score (nSPS) is 20.8. The quantitative estimate of drug-likeness (QED) is 0.433. The van der Waals surface area contributed by atoms with Gasteiger partial charge in [0.1, 0.15) is 6.04 Å². The van der Waals surface area contributed by atoms with Gasteiger partial charge >= 0.3 is 0 Å². The SMILES string of the molecule is CC(C)CNC(=O)C(CC1CCCCC1)NC(N)=NC(=O)CC1CCOCC1. The first-order valence-electron chi connectivity index (χ1n) is 10.9. The highest BCUT2D eigenvalue weighted by molar-refractivity contribution is 5.95. The van der Waals surface area contributed by atoms with Gasteiger partial charge in [0.15, 0.2) is 5.96 Å². The van der Waals surface area contributed by atoms with Crippen LogP contribution in [0.25, 0.3) is 0 Å². The van der Waals surface area contributed by atoms with Crippen LogP contribution in [0.5, 0.6) is 0 Å². The molecule has 0 bridgehead atoms. The van der Waals surface area contributed by atoms with E-state index in [-0.39, 0.29) is 17.8 Å². The fourth-order valence-corrected chi connectivity index (χ4v) is 4.00. The smallest absolute Gasteiger partial charge is 0.249 e. The number of ether oxygens (including phenoxy) is 1. The topological polar surface area (TPSA) is 106 Å². The van der Waals surface area contributed by atoms with Gasteiger partial charge in [0, 0.05) is 26.2 Å². The molecule has 0 aromatic heterocycles. The molecule has 0 radical (unpaired) electrons. The molecule has 0 aromatic rings. The van der Waals surface area contributed by atoms with Gasteiger partial charge in [0.25, 0.3) is 0 Å². The molecule has 160 valence electrons. The van der Waals surface area contributed by atoms with Crippen LogP contribution < -0.4 is 16.4 Å². The van der Waals surface area contributed by atoms with Crippen molar-refractivity contribution in [3.05, 3.63) is 0 Å². The van der Waals surface area contributed by atoms with Crippen LogP contribution in [0, 0.1) is 17.8 Å². The number of rotatable bonds is 8. The minimum absolute atomic E-state index is 0.0533. The van der Waals surface area contributed by atoms with E-state index in [2.05, 4.69) is 29.5 Å². The molecule has 0 spiro atoms. The zero-order valence-corrected chi connectivity index (χ0v) is 17.5. The summed E-state index contributed by atoms with van der Waals surface area (Å²) in [6, 6.07) is -0.443. The highest BCUT2D eigenvalue weighted by atomic mass is 16.5. The van der Waals surface area contributed by atoms with Crippen molar-refractivity contribution in [2.45, 2.75) is 77.7 Å². The lowest BCUT2D eigenvalue weighted by Gasteiger charge is -2.27. The summed E-state index contributed by atoms with van der Waals surface area (Å²) < 4.78 is 5.32. The van der Waals surface area contributed by atoms with Gasteiger partial charge in [-0.2, -0.15) is 4.99 Å². The third-order valence-corrected chi connectivity index (χ3v) is 5.67. The zero-order chi connectivity index (χ0) is 20.4. The molecule has 2 rings (SSSR count). The summed E-state index contributed by atoms with van der Waals surface area (Å²) in [5, 5.41) is 6.01. The lowest BCUT2D eigenvalue weighted by molar-refractivity contribution is -0.123. The summed E-state index contributed by atoms with van der Waals surface area (Å²) in [6.07, 6.45) is 8.90. The molecule has 1 atom stereocenters. The van der Waals surface area contributed by atoms with Crippen molar-refractivity contribution in [3.63, 3.8) is 0 Å². The monoisotopic (exact) mass is 394 g/mol. The van der Waals surface area contributed by atoms with Crippen LogP contribution >= 0.6 is 0 Å². The number of carbonyl (C=O) groups excluding carboxylic acids is 2. The van der Waals surface area contributed by atoms with Crippen LogP contribution in [0.1, 0.15) is 71.6 Å². The van der Waals surface area contributed by atoms with Crippen molar-refractivity contribution in [1.29, 1.82) is 0 Å². The van der Waals surface area contributed by atoms with Gasteiger partial charge in [-0.25, -0.2) is 0 Å². The molecule has 2 fully saturated rings. The largest absolute Gasteiger partial charge is 0.381 e. The van der Waals surface area contributed by atoms with Crippen LogP contribution in [0.2, 0.25) is 0 Å². The maximum absolute atomic E-state index is 12.7. The first-order chi connectivity index (χ1) is 13.4. The molecule has 2 amide bonds. The number of nitrogens with one attached hydrogen (secondary N) is 2. The zero-order valence-electron chi connectivity index (χ0n) is 17.5. The molecule has 1 aliphatic carbocycles. The Balaban J connectivity index is 1.91. The predicted octanol–water partition coefficient (Wildman–Crippen LogP) is 2.35. The van der Waals surface area contributed by atoms with Gasteiger partial charge in [-0.05, 0) is 37.0 Å². The van der Waals surface area contributed by atoms with E-state index >= 15 is 0 Å². The number of carbonyl (C=O) groups is 2. The van der Waals surface area contributed by atoms with Crippen molar-refractivity contribution in [3.8, 4) is 0 Å². The van der Waals surface area contributed by atoms with Crippen molar-refractivity contribution >= 4 is 17.8 Å². The third-order valence-electron chi connectivity index (χ3n) is 5.67. The second-order valence-corrected chi connectivity index (χ2v) is 8.73. The van der Waals surface area contributed by atoms with Gasteiger partial charge in [0.05, 0.1) is 0 Å². The van der Waals surface area contributed by atoms with Crippen molar-refractivity contribution < 1.29 is 14.3 Å². The Morgan fingerprint density at radius 1 is 1.07 bits per heavy atom. The van der Waals surface area contributed by atoms with E-state index in [4.69, 9.17) is 10.5 Å². The Morgan fingerprint density at radius 2 is 1.75 bits per heavy atom. The molecule has 0 aromatic carbocycles. The Morgan fingerprint density at radius 3 is 2.39 bits per heavy atom. The molecule has 1 aliphatic heterocycles. The highest BCUT2D eigenvalue weighted by Crippen LogP contribution is 2.27. The van der Waals surface area contributed by atoms with E-state index in [1.807, 2.05) is 0 Å². The third kappa shape index (κ3) is 8.59. The fraction of sp³-hybridized carbons (Fsp3) is 0.857. The molecule has 1 saturated carbocycles. The van der Waals surface area contributed by atoms with Crippen molar-refractivity contribution in [1.82, 2.24) is 10.6 Å². The Labute approximate surface area is 169 Å². The number of guanidine groups is 1. The summed E-state index contributed by atoms with van der Waals surface area (Å²) in [6.45, 7) is 6.16. The second kappa shape index (κ2) is 12.0. The van der Waals surface area contributed by atoms with E-state index in [0.717, 1.165) is 32.1 Å². The summed E-state index contributed by atoms with van der Waals surface area (Å²) in [5.74, 6) is 0.973. The minimum atomic E-state index is -0.443. The van der Waals surface area contributed by atoms with Crippen LogP contribution in [-0.4, -0.2) is 43.6 Å². The number of hydrogen-bond acceptors (Lipinski definition) is 3. The standard InChI is InChI=1S/C21H38N4O3/c1-15(2)14-23-20(27)18(12-16-6-4-3-5-7-16)24-21(22)25-19(26)13-17-8-10-28-11-9-17/h15-18H,3-14H2,1-2H3,(H,23,27)(H3,22,24,25,26). The van der Waals surface area contributed by atoms with E-state index in [1.165, 1.54) is 19.3 Å². The average Bonchev–Trinajstić information content (AvgIpc) is 2.67. The number of nitrogens with zero attached hydrogens (tertiary/aromatic N) is 1. The lowest BCUT2D eigenvalue weighted by Crippen LogP contribution is -2.51. The number of aliphatic imine (C=N–C) groups is 1. The van der Waals surface area contributed by atoms with Gasteiger partial charge < -0.3 is 21.1 Å². The molecule has 2 aliphatic rings. The summed E-state index contributed by atoms with van der Waals surface area (Å²) in [7, 11) is 0. The maximum Gasteiger partial charge on any atom is 0.249 e. The molecular weight excluding hydrogens is 356 g/mol. The van der Waals surface area contributed by atoms with Crippen LogP contribution in [0.15, 0.2) is 4.99 Å². The molecule has 4 N–H and O–H groups in total. The number of hydrogen-bond donors (Lipinski definition) is 3. The Hall–Kier alpha value is -1.63. The fourth-order valence-electron chi connectivity index (χ4n) is 4.00. The lowest BCUT2D eigenvalue weighted by atomic mass is 9.84. The van der Waals surface area contributed by atoms with Gasteiger partial charge in [0.2, 0.25) is 11.8 Å². The molecule has 1 saturated heterocycles. The first kappa shape index (κ1) is 22.7. The van der Waals surface area contributed by atoms with Gasteiger partial charge in [-0.15, -0.1) is 0 Å². The van der Waals surface area contributed by atoms with Crippen molar-refractivity contribution in [2.75, 3.05) is 19.8 Å². The summed E-state index contributed by atoms with van der Waals surface area (Å²) in [4.78, 5) is 28.9. The summed E-state index contributed by atoms with van der Waals surface area (Å²) >= 11 is 0. The minimum Gasteiger partial charge on any atom is -0.381 e. The predicted molar refractivity (Wildman–Crippen MR) is 111 cm³/mol. The van der Waals surface area contributed by atoms with E-state index in [9.17, 15) is 9.59 Å². The molecule has 28 heavy (non-hydrogen) atoms. The Bertz CT molecular complexity index is 524. The van der Waals surface area contributed by atoms with E-state index < -0.39 is 6.04 Å². The van der Waals surface area contributed by atoms with Gasteiger partial charge in [-0.1, -0.05) is 46.0 Å². The maximum atomic E-state index is 12.7. The summed E-state index contributed by atoms with van der Waals surface area (Å²) in [5.41, 5.74) is 5.99.